The highest BCUT2D eigenvalue weighted by molar-refractivity contribution is 5.46. The van der Waals surface area contributed by atoms with Crippen LogP contribution in [0.3, 0.4) is 0 Å². The number of hydrogen-bond donors (Lipinski definition) is 0. The van der Waals surface area contributed by atoms with Gasteiger partial charge < -0.3 is 14.2 Å². The van der Waals surface area contributed by atoms with E-state index in [1.165, 1.54) is 13.2 Å². The van der Waals surface area contributed by atoms with Gasteiger partial charge in [-0.2, -0.15) is 0 Å². The summed E-state index contributed by atoms with van der Waals surface area (Å²) in [4.78, 5) is 0. The summed E-state index contributed by atoms with van der Waals surface area (Å²) in [7, 11) is 4.69. The minimum absolute atomic E-state index is 0.274. The predicted octanol–water partition coefficient (Wildman–Crippen LogP) is 3.65. The van der Waals surface area contributed by atoms with E-state index in [-0.39, 0.29) is 11.6 Å². The average molecular weight is 289 g/mol. The van der Waals surface area contributed by atoms with Gasteiger partial charge in [-0.05, 0) is 42.7 Å². The van der Waals surface area contributed by atoms with Crippen molar-refractivity contribution in [1.29, 1.82) is 0 Å². The maximum Gasteiger partial charge on any atom is 0.165 e. The molecule has 2 rings (SSSR count). The topological polar surface area (TPSA) is 27.7 Å². The van der Waals surface area contributed by atoms with Gasteiger partial charge in [0, 0.05) is 5.56 Å². The number of benzene rings is 2. The first-order chi connectivity index (χ1) is 10.2. The van der Waals surface area contributed by atoms with Gasteiger partial charge in [0.05, 0.1) is 21.3 Å². The molecule has 0 aliphatic rings. The van der Waals surface area contributed by atoms with Gasteiger partial charge in [0.15, 0.2) is 11.6 Å². The van der Waals surface area contributed by atoms with E-state index < -0.39 is 0 Å². The predicted molar refractivity (Wildman–Crippen MR) is 79.6 cm³/mol. The summed E-state index contributed by atoms with van der Waals surface area (Å²) in [6.07, 6.45) is 2.49. The van der Waals surface area contributed by atoms with Crippen LogP contribution in [0.2, 0.25) is 0 Å². The summed E-state index contributed by atoms with van der Waals surface area (Å²) in [5.74, 6) is 1.40. The van der Waals surface area contributed by atoms with Gasteiger partial charge in [0.2, 0.25) is 0 Å². The second-order valence-electron chi connectivity index (χ2n) is 4.45. The molecule has 0 atom stereocenters. The quantitative estimate of drug-likeness (QED) is 0.812. The zero-order chi connectivity index (χ0) is 15.2. The zero-order valence-corrected chi connectivity index (χ0v) is 12.4. The fourth-order valence-corrected chi connectivity index (χ4v) is 2.16. The van der Waals surface area contributed by atoms with Crippen LogP contribution in [-0.4, -0.2) is 21.3 Å². The van der Waals surface area contributed by atoms with Crippen LogP contribution in [0.4, 0.5) is 4.39 Å². The lowest BCUT2D eigenvalue weighted by molar-refractivity contribution is 0.382. The number of rotatable bonds is 6. The molecule has 0 amide bonds. The Morgan fingerprint density at radius 3 is 2.48 bits per heavy atom. The first-order valence-corrected chi connectivity index (χ1v) is 6.56. The van der Waals surface area contributed by atoms with Crippen molar-refractivity contribution in [2.24, 2.45) is 0 Å². The van der Waals surface area contributed by atoms with Crippen molar-refractivity contribution >= 4 is 0 Å². The van der Waals surface area contributed by atoms with Crippen LogP contribution < -0.4 is 14.2 Å². The second-order valence-corrected chi connectivity index (χ2v) is 4.45. The Bertz CT molecular complexity index is 611. The minimum atomic E-state index is -0.360. The number of hydrogen-bond acceptors (Lipinski definition) is 3. The molecule has 21 heavy (non-hydrogen) atoms. The van der Waals surface area contributed by atoms with Crippen molar-refractivity contribution in [3.63, 3.8) is 0 Å². The van der Waals surface area contributed by atoms with E-state index in [9.17, 15) is 4.39 Å². The van der Waals surface area contributed by atoms with Gasteiger partial charge in [0.1, 0.15) is 11.5 Å². The Labute approximate surface area is 124 Å². The van der Waals surface area contributed by atoms with E-state index in [0.29, 0.717) is 6.42 Å². The summed E-state index contributed by atoms with van der Waals surface area (Å²) in [6.45, 7) is 0. The molecule has 0 aromatic heterocycles. The lowest BCUT2D eigenvalue weighted by Crippen LogP contribution is -1.98. The molecule has 0 fully saturated rings. The van der Waals surface area contributed by atoms with Crippen LogP contribution in [-0.2, 0) is 6.42 Å². The molecule has 0 N–H and O–H groups in total. The van der Waals surface area contributed by atoms with E-state index in [1.807, 2.05) is 30.7 Å². The SMILES string of the molecule is COc1ccc(OC)c([CH]Cc2cccc(F)c2OC)c1. The van der Waals surface area contributed by atoms with Crippen molar-refractivity contribution in [3.8, 4) is 17.2 Å². The lowest BCUT2D eigenvalue weighted by Gasteiger charge is -2.12. The Morgan fingerprint density at radius 1 is 1.00 bits per heavy atom. The first-order valence-electron chi connectivity index (χ1n) is 6.56. The van der Waals surface area contributed by atoms with E-state index in [2.05, 4.69) is 0 Å². The van der Waals surface area contributed by atoms with Gasteiger partial charge in [-0.3, -0.25) is 0 Å². The number of ether oxygens (including phenoxy) is 3. The largest absolute Gasteiger partial charge is 0.497 e. The van der Waals surface area contributed by atoms with Gasteiger partial charge in [0.25, 0.3) is 0 Å². The molecule has 2 aromatic carbocycles. The number of para-hydroxylation sites is 1. The monoisotopic (exact) mass is 289 g/mol. The Balaban J connectivity index is 2.22. The summed E-state index contributed by atoms with van der Waals surface area (Å²) in [6, 6.07) is 10.4. The Morgan fingerprint density at radius 2 is 1.81 bits per heavy atom. The normalized spacial score (nSPS) is 10.3. The number of methoxy groups -OCH3 is 3. The first kappa shape index (κ1) is 15.2. The van der Waals surface area contributed by atoms with Gasteiger partial charge in [-0.1, -0.05) is 12.1 Å². The van der Waals surface area contributed by atoms with E-state index in [1.54, 1.807) is 20.3 Å². The Hall–Kier alpha value is -2.23. The third-order valence-corrected chi connectivity index (χ3v) is 3.23. The van der Waals surface area contributed by atoms with E-state index in [4.69, 9.17) is 14.2 Å². The molecular formula is C17H18FO3. The summed E-state index contributed by atoms with van der Waals surface area (Å²) in [5, 5.41) is 0. The molecule has 1 radical (unpaired) electrons. The van der Waals surface area contributed by atoms with Crippen molar-refractivity contribution in [3.05, 3.63) is 59.8 Å². The van der Waals surface area contributed by atoms with Crippen molar-refractivity contribution in [2.45, 2.75) is 6.42 Å². The molecule has 3 nitrogen and oxygen atoms in total. The molecule has 0 bridgehead atoms. The van der Waals surface area contributed by atoms with Crippen molar-refractivity contribution < 1.29 is 18.6 Å². The van der Waals surface area contributed by atoms with Crippen LogP contribution in [0.25, 0.3) is 0 Å². The second kappa shape index (κ2) is 6.97. The van der Waals surface area contributed by atoms with Crippen LogP contribution in [0.5, 0.6) is 17.2 Å². The number of halogens is 1. The minimum Gasteiger partial charge on any atom is -0.497 e. The molecule has 0 saturated carbocycles. The van der Waals surface area contributed by atoms with Crippen molar-refractivity contribution in [2.75, 3.05) is 21.3 Å². The summed E-state index contributed by atoms with van der Waals surface area (Å²) in [5.41, 5.74) is 1.67. The molecule has 2 aromatic rings. The van der Waals surface area contributed by atoms with Crippen LogP contribution >= 0.6 is 0 Å². The van der Waals surface area contributed by atoms with E-state index >= 15 is 0 Å². The molecule has 0 saturated heterocycles. The Kier molecular flexibility index (Phi) is 5.04. The highest BCUT2D eigenvalue weighted by Gasteiger charge is 2.11. The van der Waals surface area contributed by atoms with Crippen LogP contribution in [0.15, 0.2) is 36.4 Å². The summed E-state index contributed by atoms with van der Waals surface area (Å²) < 4.78 is 29.3. The van der Waals surface area contributed by atoms with E-state index in [0.717, 1.165) is 22.6 Å². The van der Waals surface area contributed by atoms with Gasteiger partial charge in [-0.15, -0.1) is 0 Å². The third-order valence-electron chi connectivity index (χ3n) is 3.23. The average Bonchev–Trinajstić information content (AvgIpc) is 2.52. The molecule has 0 heterocycles. The summed E-state index contributed by atoms with van der Waals surface area (Å²) >= 11 is 0. The van der Waals surface area contributed by atoms with Crippen LogP contribution in [0, 0.1) is 12.2 Å². The molecule has 0 aliphatic carbocycles. The molecule has 111 valence electrons. The maximum atomic E-state index is 13.7. The highest BCUT2D eigenvalue weighted by Crippen LogP contribution is 2.29. The smallest absolute Gasteiger partial charge is 0.165 e. The standard InChI is InChI=1S/C17H18FO3/c1-19-14-9-10-16(20-2)13(11-14)8-7-12-5-4-6-15(18)17(12)21-3/h4-6,8-11H,7H2,1-3H3. The van der Waals surface area contributed by atoms with Crippen molar-refractivity contribution in [1.82, 2.24) is 0 Å². The molecule has 4 heteroatoms. The molecule has 0 aliphatic heterocycles. The van der Waals surface area contributed by atoms with Gasteiger partial charge in [-0.25, -0.2) is 4.39 Å². The fourth-order valence-electron chi connectivity index (χ4n) is 2.16. The third kappa shape index (κ3) is 3.45. The van der Waals surface area contributed by atoms with Crippen LogP contribution in [0.1, 0.15) is 11.1 Å². The molecule has 0 spiro atoms. The molecule has 0 unspecified atom stereocenters. The lowest BCUT2D eigenvalue weighted by atomic mass is 10.0. The highest BCUT2D eigenvalue weighted by atomic mass is 19.1. The maximum absolute atomic E-state index is 13.7. The van der Waals surface area contributed by atoms with Gasteiger partial charge >= 0.3 is 0 Å². The zero-order valence-electron chi connectivity index (χ0n) is 12.4. The fraction of sp³-hybridized carbons (Fsp3) is 0.235. The molecular weight excluding hydrogens is 271 g/mol.